The van der Waals surface area contributed by atoms with E-state index in [2.05, 4.69) is 15.4 Å². The predicted octanol–water partition coefficient (Wildman–Crippen LogP) is 3.83. The maximum atomic E-state index is 13.2. The summed E-state index contributed by atoms with van der Waals surface area (Å²) in [7, 11) is -5.49. The molecule has 1 fully saturated rings. The van der Waals surface area contributed by atoms with Crippen molar-refractivity contribution < 1.29 is 26.4 Å². The van der Waals surface area contributed by atoms with Crippen molar-refractivity contribution in [3.8, 4) is 0 Å². The van der Waals surface area contributed by atoms with Crippen LogP contribution in [0.25, 0.3) is 5.65 Å². The lowest BCUT2D eigenvalue weighted by Crippen LogP contribution is -2.51. The molecule has 1 amide bonds. The van der Waals surface area contributed by atoms with E-state index in [4.69, 9.17) is 0 Å². The number of pyridine rings is 1. The quantitative estimate of drug-likeness (QED) is 0.484. The molecule has 3 heterocycles. The number of aromatic nitrogens is 2. The summed E-state index contributed by atoms with van der Waals surface area (Å²) in [6.45, 7) is 3.79. The lowest BCUT2D eigenvalue weighted by molar-refractivity contribution is -0.0473. The minimum atomic E-state index is -5.49. The number of amides is 1. The van der Waals surface area contributed by atoms with Gasteiger partial charge in [-0.15, -0.1) is 0 Å². The first-order valence-electron chi connectivity index (χ1n) is 12.3. The van der Waals surface area contributed by atoms with E-state index in [1.807, 2.05) is 32.2 Å². The van der Waals surface area contributed by atoms with Crippen molar-refractivity contribution in [2.45, 2.75) is 45.2 Å². The molecule has 1 aliphatic heterocycles. The maximum absolute atomic E-state index is 13.2. The lowest BCUT2D eigenvalue weighted by Gasteiger charge is -2.34. The van der Waals surface area contributed by atoms with Crippen molar-refractivity contribution in [2.75, 3.05) is 18.1 Å². The van der Waals surface area contributed by atoms with Crippen LogP contribution >= 0.6 is 0 Å². The highest BCUT2D eigenvalue weighted by molar-refractivity contribution is 7.90. The van der Waals surface area contributed by atoms with Crippen LogP contribution in [0.5, 0.6) is 0 Å². The first kappa shape index (κ1) is 26.0. The number of rotatable bonds is 7. The standard InChI is InChI=1S/C25H27F3N6O3S/c1-3-20-22(32-15-16(2)4-11-21(32)30-20)24(35)29-14-17-5-9-19(10-6-17)33-12-13-34(23(31-33)18-7-8-18)38(36,37)25(26,27)28/h4-6,9-11,15,18H,3,7-8,12-14H2,1-2H3,(H,29,35). The van der Waals surface area contributed by atoms with Crippen LogP contribution in [0.3, 0.4) is 0 Å². The zero-order valence-corrected chi connectivity index (χ0v) is 21.7. The number of hydrazone groups is 1. The Labute approximate surface area is 218 Å². The van der Waals surface area contributed by atoms with E-state index >= 15 is 0 Å². The van der Waals surface area contributed by atoms with E-state index in [0.29, 0.717) is 46.3 Å². The van der Waals surface area contributed by atoms with Gasteiger partial charge in [-0.1, -0.05) is 25.1 Å². The number of imidazole rings is 1. The SMILES string of the molecule is CCc1nc2ccc(C)cn2c1C(=O)NCc1ccc(N2CCN(S(=O)(=O)C(F)(F)F)C(C3CC3)=N2)cc1. The number of sulfonamides is 1. The summed E-state index contributed by atoms with van der Waals surface area (Å²) in [5, 5.41) is 8.74. The normalized spacial score (nSPS) is 16.6. The molecule has 1 aromatic carbocycles. The highest BCUT2D eigenvalue weighted by Crippen LogP contribution is 2.38. The van der Waals surface area contributed by atoms with Crippen LogP contribution in [0.2, 0.25) is 0 Å². The third-order valence-electron chi connectivity index (χ3n) is 6.59. The number of fused-ring (bicyclic) bond motifs is 1. The van der Waals surface area contributed by atoms with E-state index in [0.717, 1.165) is 11.1 Å². The summed E-state index contributed by atoms with van der Waals surface area (Å²) < 4.78 is 65.8. The third kappa shape index (κ3) is 4.82. The van der Waals surface area contributed by atoms with Crippen molar-refractivity contribution in [2.24, 2.45) is 11.0 Å². The number of benzene rings is 1. The predicted molar refractivity (Wildman–Crippen MR) is 136 cm³/mol. The monoisotopic (exact) mass is 548 g/mol. The summed E-state index contributed by atoms with van der Waals surface area (Å²) in [6.07, 6.45) is 3.68. The molecular formula is C25H27F3N6O3S. The van der Waals surface area contributed by atoms with Gasteiger partial charge in [-0.3, -0.25) is 14.2 Å². The Balaban J connectivity index is 1.30. The second-order valence-electron chi connectivity index (χ2n) is 9.42. The Morgan fingerprint density at radius 3 is 2.45 bits per heavy atom. The summed E-state index contributed by atoms with van der Waals surface area (Å²) in [6, 6.07) is 10.9. The van der Waals surface area contributed by atoms with Crippen LogP contribution < -0.4 is 10.3 Å². The molecular weight excluding hydrogens is 521 g/mol. The maximum Gasteiger partial charge on any atom is 0.516 e. The molecule has 9 nitrogen and oxygen atoms in total. The summed E-state index contributed by atoms with van der Waals surface area (Å²) in [4.78, 5) is 17.6. The summed E-state index contributed by atoms with van der Waals surface area (Å²) >= 11 is 0. The number of carbonyl (C=O) groups is 1. The first-order valence-corrected chi connectivity index (χ1v) is 13.7. The molecule has 2 aromatic heterocycles. The fraction of sp³-hybridized carbons (Fsp3) is 0.400. The molecule has 0 atom stereocenters. The number of hydrogen-bond acceptors (Lipinski definition) is 6. The molecule has 0 saturated heterocycles. The summed E-state index contributed by atoms with van der Waals surface area (Å²) in [5.74, 6) is -0.620. The van der Waals surface area contributed by atoms with Crippen LogP contribution in [0.4, 0.5) is 18.9 Å². The number of nitrogens with zero attached hydrogens (tertiary/aromatic N) is 5. The molecule has 202 valence electrons. The molecule has 38 heavy (non-hydrogen) atoms. The number of carbonyl (C=O) groups excluding carboxylic acids is 1. The van der Waals surface area contributed by atoms with E-state index in [9.17, 15) is 26.4 Å². The van der Waals surface area contributed by atoms with Crippen molar-refractivity contribution in [3.63, 3.8) is 0 Å². The van der Waals surface area contributed by atoms with Gasteiger partial charge in [0.2, 0.25) is 0 Å². The topological polar surface area (TPSA) is 99.4 Å². The molecule has 0 radical (unpaired) electrons. The lowest BCUT2D eigenvalue weighted by atomic mass is 10.2. The number of amidine groups is 1. The number of hydrogen-bond donors (Lipinski definition) is 1. The van der Waals surface area contributed by atoms with Crippen molar-refractivity contribution in [1.82, 2.24) is 19.0 Å². The van der Waals surface area contributed by atoms with E-state index < -0.39 is 15.5 Å². The fourth-order valence-electron chi connectivity index (χ4n) is 4.44. The molecule has 1 aliphatic carbocycles. The van der Waals surface area contributed by atoms with Crippen LogP contribution in [0.15, 0.2) is 47.7 Å². The van der Waals surface area contributed by atoms with Gasteiger partial charge in [-0.2, -0.15) is 26.7 Å². The molecule has 1 N–H and O–H groups in total. The summed E-state index contributed by atoms with van der Waals surface area (Å²) in [5.41, 5.74) is -1.03. The molecule has 13 heteroatoms. The van der Waals surface area contributed by atoms with Crippen LogP contribution in [0.1, 0.15) is 47.1 Å². The molecule has 0 spiro atoms. The molecule has 1 saturated carbocycles. The highest BCUT2D eigenvalue weighted by Gasteiger charge is 2.53. The van der Waals surface area contributed by atoms with E-state index in [1.54, 1.807) is 28.7 Å². The van der Waals surface area contributed by atoms with Gasteiger partial charge in [0.15, 0.2) is 0 Å². The Hall–Kier alpha value is -3.61. The zero-order chi connectivity index (χ0) is 27.2. The van der Waals surface area contributed by atoms with Gasteiger partial charge in [-0.05, 0) is 55.5 Å². The van der Waals surface area contributed by atoms with Crippen molar-refractivity contribution in [3.05, 3.63) is 65.1 Å². The Morgan fingerprint density at radius 1 is 1.11 bits per heavy atom. The molecule has 5 rings (SSSR count). The first-order chi connectivity index (χ1) is 18.0. The average molecular weight is 549 g/mol. The number of aryl methyl sites for hydroxylation is 2. The van der Waals surface area contributed by atoms with E-state index in [-0.39, 0.29) is 37.3 Å². The van der Waals surface area contributed by atoms with Crippen LogP contribution in [-0.2, 0) is 23.0 Å². The van der Waals surface area contributed by atoms with Gasteiger partial charge in [0.05, 0.1) is 24.5 Å². The Bertz CT molecular complexity index is 1510. The molecule has 3 aromatic rings. The van der Waals surface area contributed by atoms with Gasteiger partial charge >= 0.3 is 15.5 Å². The van der Waals surface area contributed by atoms with Crippen molar-refractivity contribution >= 4 is 33.1 Å². The Kier molecular flexibility index (Phi) is 6.58. The van der Waals surface area contributed by atoms with Gasteiger partial charge in [0.25, 0.3) is 5.91 Å². The van der Waals surface area contributed by atoms with Crippen molar-refractivity contribution in [1.29, 1.82) is 0 Å². The fourth-order valence-corrected chi connectivity index (χ4v) is 5.45. The minimum absolute atomic E-state index is 0.0187. The van der Waals surface area contributed by atoms with Gasteiger partial charge < -0.3 is 5.32 Å². The molecule has 0 unspecified atom stereocenters. The largest absolute Gasteiger partial charge is 0.516 e. The third-order valence-corrected chi connectivity index (χ3v) is 8.13. The molecule has 0 bridgehead atoms. The smallest absolute Gasteiger partial charge is 0.347 e. The number of nitrogens with one attached hydrogen (secondary N) is 1. The van der Waals surface area contributed by atoms with Gasteiger partial charge in [0, 0.05) is 18.7 Å². The second kappa shape index (κ2) is 9.61. The van der Waals surface area contributed by atoms with Gasteiger partial charge in [0.1, 0.15) is 17.2 Å². The van der Waals surface area contributed by atoms with Crippen LogP contribution in [0, 0.1) is 12.8 Å². The number of halogens is 3. The second-order valence-corrected chi connectivity index (χ2v) is 11.3. The minimum Gasteiger partial charge on any atom is -0.347 e. The molecule has 2 aliphatic rings. The van der Waals surface area contributed by atoms with Crippen LogP contribution in [-0.4, -0.2) is 52.4 Å². The number of alkyl halides is 3. The number of anilines is 1. The highest BCUT2D eigenvalue weighted by atomic mass is 32.2. The zero-order valence-electron chi connectivity index (χ0n) is 20.9. The Morgan fingerprint density at radius 2 is 1.82 bits per heavy atom. The van der Waals surface area contributed by atoms with Gasteiger partial charge in [-0.25, -0.2) is 9.29 Å². The average Bonchev–Trinajstić information content (AvgIpc) is 3.67. The van der Waals surface area contributed by atoms with E-state index in [1.165, 1.54) is 5.01 Å².